The second-order valence-electron chi connectivity index (χ2n) is 6.80. The lowest BCUT2D eigenvalue weighted by Crippen LogP contribution is -2.43. The second kappa shape index (κ2) is 7.10. The van der Waals surface area contributed by atoms with Crippen molar-refractivity contribution < 1.29 is 0 Å². The molecule has 0 radical (unpaired) electrons. The Bertz CT molecular complexity index is 568. The van der Waals surface area contributed by atoms with Crippen LogP contribution in [0.25, 0.3) is 0 Å². The highest BCUT2D eigenvalue weighted by Gasteiger charge is 2.44. The molecule has 4 nitrogen and oxygen atoms in total. The Morgan fingerprint density at radius 2 is 2.30 bits per heavy atom. The average Bonchev–Trinajstić information content (AvgIpc) is 3.21. The third-order valence-electron chi connectivity index (χ3n) is 5.27. The molecule has 1 aliphatic carbocycles. The molecule has 2 aliphatic rings. The first-order chi connectivity index (χ1) is 11.1. The van der Waals surface area contributed by atoms with Crippen LogP contribution < -0.4 is 11.1 Å². The molecule has 1 saturated carbocycles. The summed E-state index contributed by atoms with van der Waals surface area (Å²) in [7, 11) is 0. The first kappa shape index (κ1) is 16.6. The van der Waals surface area contributed by atoms with Gasteiger partial charge in [0.2, 0.25) is 0 Å². The minimum atomic E-state index is 0.153. The predicted octanol–water partition coefficient (Wildman–Crippen LogP) is 2.76. The lowest BCUT2D eigenvalue weighted by atomic mass is 9.96. The SMILES string of the molecule is CCN1CCCC1CNC(N)=NCC1(c2cccc(Cl)c2)CC1. The summed E-state index contributed by atoms with van der Waals surface area (Å²) >= 11 is 6.11. The van der Waals surface area contributed by atoms with Gasteiger partial charge in [-0.15, -0.1) is 0 Å². The number of benzene rings is 1. The van der Waals surface area contributed by atoms with Crippen LogP contribution in [0.5, 0.6) is 0 Å². The smallest absolute Gasteiger partial charge is 0.188 e. The predicted molar refractivity (Wildman–Crippen MR) is 97.1 cm³/mol. The maximum Gasteiger partial charge on any atom is 0.188 e. The van der Waals surface area contributed by atoms with E-state index in [0.29, 0.717) is 12.0 Å². The lowest BCUT2D eigenvalue weighted by Gasteiger charge is -2.23. The Kier molecular flexibility index (Phi) is 5.12. The summed E-state index contributed by atoms with van der Waals surface area (Å²) in [5.74, 6) is 0.571. The zero-order valence-electron chi connectivity index (χ0n) is 13.9. The summed E-state index contributed by atoms with van der Waals surface area (Å²) in [4.78, 5) is 7.11. The number of guanidine groups is 1. The van der Waals surface area contributed by atoms with Crippen LogP contribution in [0.1, 0.15) is 38.2 Å². The van der Waals surface area contributed by atoms with Gasteiger partial charge in [-0.3, -0.25) is 9.89 Å². The largest absolute Gasteiger partial charge is 0.370 e. The molecule has 126 valence electrons. The molecule has 1 heterocycles. The normalized spacial score (nSPS) is 23.9. The molecule has 5 heteroatoms. The van der Waals surface area contributed by atoms with E-state index in [9.17, 15) is 0 Å². The molecule has 0 amide bonds. The zero-order valence-corrected chi connectivity index (χ0v) is 14.6. The van der Waals surface area contributed by atoms with Crippen LogP contribution in [0.15, 0.2) is 29.3 Å². The van der Waals surface area contributed by atoms with Crippen LogP contribution in [0.4, 0.5) is 0 Å². The van der Waals surface area contributed by atoms with E-state index in [2.05, 4.69) is 34.3 Å². The van der Waals surface area contributed by atoms with E-state index in [-0.39, 0.29) is 5.41 Å². The van der Waals surface area contributed by atoms with E-state index in [4.69, 9.17) is 17.3 Å². The molecule has 1 aliphatic heterocycles. The Hall–Kier alpha value is -1.26. The summed E-state index contributed by atoms with van der Waals surface area (Å²) in [5.41, 5.74) is 7.52. The highest BCUT2D eigenvalue weighted by molar-refractivity contribution is 6.30. The number of rotatable bonds is 6. The molecule has 0 bridgehead atoms. The molecule has 1 saturated heterocycles. The van der Waals surface area contributed by atoms with Gasteiger partial charge in [-0.2, -0.15) is 0 Å². The van der Waals surface area contributed by atoms with Crippen molar-refractivity contribution in [2.75, 3.05) is 26.2 Å². The Morgan fingerprint density at radius 1 is 1.48 bits per heavy atom. The maximum atomic E-state index is 6.11. The van der Waals surface area contributed by atoms with Crippen LogP contribution in [0.2, 0.25) is 5.02 Å². The van der Waals surface area contributed by atoms with Crippen molar-refractivity contribution in [1.82, 2.24) is 10.2 Å². The fourth-order valence-electron chi connectivity index (χ4n) is 3.56. The zero-order chi connectivity index (χ0) is 16.3. The van der Waals surface area contributed by atoms with Gasteiger partial charge >= 0.3 is 0 Å². The molecule has 1 aromatic rings. The highest BCUT2D eigenvalue weighted by Crippen LogP contribution is 2.48. The van der Waals surface area contributed by atoms with E-state index in [1.807, 2.05) is 12.1 Å². The summed E-state index contributed by atoms with van der Waals surface area (Å²) in [6.07, 6.45) is 4.86. The van der Waals surface area contributed by atoms with Gasteiger partial charge in [0.05, 0.1) is 6.54 Å². The van der Waals surface area contributed by atoms with Crippen molar-refractivity contribution in [2.45, 2.75) is 44.1 Å². The van der Waals surface area contributed by atoms with Gasteiger partial charge in [0.25, 0.3) is 0 Å². The van der Waals surface area contributed by atoms with Crippen molar-refractivity contribution in [3.05, 3.63) is 34.9 Å². The molecule has 23 heavy (non-hydrogen) atoms. The fourth-order valence-corrected chi connectivity index (χ4v) is 3.76. The number of nitrogens with two attached hydrogens (primary N) is 1. The van der Waals surface area contributed by atoms with Gasteiger partial charge < -0.3 is 11.1 Å². The molecule has 1 unspecified atom stereocenters. The van der Waals surface area contributed by atoms with Crippen molar-refractivity contribution in [2.24, 2.45) is 10.7 Å². The number of aliphatic imine (C=N–C) groups is 1. The van der Waals surface area contributed by atoms with Gasteiger partial charge in [0.15, 0.2) is 5.96 Å². The molecule has 1 aromatic carbocycles. The number of likely N-dealkylation sites (N-methyl/N-ethyl adjacent to an activating group) is 1. The number of hydrogen-bond donors (Lipinski definition) is 2. The van der Waals surface area contributed by atoms with Crippen LogP contribution in [-0.2, 0) is 5.41 Å². The number of likely N-dealkylation sites (tertiary alicyclic amines) is 1. The van der Waals surface area contributed by atoms with Crippen LogP contribution in [-0.4, -0.2) is 43.1 Å². The molecule has 3 rings (SSSR count). The number of nitrogens with one attached hydrogen (secondary N) is 1. The van der Waals surface area contributed by atoms with Gasteiger partial charge in [0.1, 0.15) is 0 Å². The topological polar surface area (TPSA) is 53.6 Å². The molecular formula is C18H27ClN4. The van der Waals surface area contributed by atoms with E-state index in [1.54, 1.807) is 0 Å². The summed E-state index contributed by atoms with van der Waals surface area (Å²) in [6.45, 7) is 6.18. The number of halogens is 1. The number of hydrogen-bond acceptors (Lipinski definition) is 2. The standard InChI is InChI=1S/C18H27ClN4/c1-2-23-10-4-7-16(23)12-21-17(20)22-13-18(8-9-18)14-5-3-6-15(19)11-14/h3,5-6,11,16H,2,4,7-10,12-13H2,1H3,(H3,20,21,22). The third kappa shape index (κ3) is 3.99. The van der Waals surface area contributed by atoms with Crippen molar-refractivity contribution in [3.8, 4) is 0 Å². The van der Waals surface area contributed by atoms with Crippen LogP contribution in [0.3, 0.4) is 0 Å². The first-order valence-electron chi connectivity index (χ1n) is 8.67. The first-order valence-corrected chi connectivity index (χ1v) is 9.05. The molecular weight excluding hydrogens is 308 g/mol. The third-order valence-corrected chi connectivity index (χ3v) is 5.50. The molecule has 3 N–H and O–H groups in total. The number of nitrogens with zero attached hydrogens (tertiary/aromatic N) is 2. The van der Waals surface area contributed by atoms with Crippen molar-refractivity contribution in [1.29, 1.82) is 0 Å². The molecule has 0 spiro atoms. The maximum absolute atomic E-state index is 6.11. The molecule has 0 aromatic heterocycles. The minimum absolute atomic E-state index is 0.153. The monoisotopic (exact) mass is 334 g/mol. The van der Waals surface area contributed by atoms with Crippen LogP contribution >= 0.6 is 11.6 Å². The second-order valence-corrected chi connectivity index (χ2v) is 7.23. The molecule has 2 fully saturated rings. The minimum Gasteiger partial charge on any atom is -0.370 e. The van der Waals surface area contributed by atoms with E-state index in [1.165, 1.54) is 24.9 Å². The van der Waals surface area contributed by atoms with Gasteiger partial charge in [-0.05, 0) is 56.5 Å². The van der Waals surface area contributed by atoms with Gasteiger partial charge in [-0.25, -0.2) is 0 Å². The molecule has 1 atom stereocenters. The summed E-state index contributed by atoms with van der Waals surface area (Å²) in [6, 6.07) is 8.74. The van der Waals surface area contributed by atoms with Gasteiger partial charge in [0, 0.05) is 23.0 Å². The Morgan fingerprint density at radius 3 is 3.00 bits per heavy atom. The fraction of sp³-hybridized carbons (Fsp3) is 0.611. The van der Waals surface area contributed by atoms with E-state index < -0.39 is 0 Å². The lowest BCUT2D eigenvalue weighted by molar-refractivity contribution is 0.267. The average molecular weight is 335 g/mol. The summed E-state index contributed by atoms with van der Waals surface area (Å²) < 4.78 is 0. The van der Waals surface area contributed by atoms with Crippen molar-refractivity contribution >= 4 is 17.6 Å². The summed E-state index contributed by atoms with van der Waals surface area (Å²) in [5, 5.41) is 4.11. The van der Waals surface area contributed by atoms with E-state index >= 15 is 0 Å². The van der Waals surface area contributed by atoms with E-state index in [0.717, 1.165) is 37.5 Å². The Balaban J connectivity index is 1.53. The quantitative estimate of drug-likeness (QED) is 0.621. The van der Waals surface area contributed by atoms with Crippen LogP contribution in [0, 0.1) is 0 Å². The Labute approximate surface area is 144 Å². The van der Waals surface area contributed by atoms with Crippen molar-refractivity contribution in [3.63, 3.8) is 0 Å². The highest BCUT2D eigenvalue weighted by atomic mass is 35.5. The van der Waals surface area contributed by atoms with Gasteiger partial charge in [-0.1, -0.05) is 30.7 Å².